The smallest absolute Gasteiger partial charge is 0.335 e. The predicted octanol–water partition coefficient (Wildman–Crippen LogP) is 1.39. The molecule has 19 heavy (non-hydrogen) atoms. The molecule has 0 fully saturated rings. The van der Waals surface area contributed by atoms with Crippen molar-refractivity contribution in [1.82, 2.24) is 14.6 Å². The minimum Gasteiger partial charge on any atom is -0.478 e. The predicted molar refractivity (Wildman–Crippen MR) is 68.2 cm³/mol. The summed E-state index contributed by atoms with van der Waals surface area (Å²) in [5, 5.41) is 15.8. The van der Waals surface area contributed by atoms with Gasteiger partial charge in [-0.1, -0.05) is 12.1 Å². The fraction of sp³-hybridized carbons (Fsp3) is 0. The van der Waals surface area contributed by atoms with E-state index in [1.54, 1.807) is 22.7 Å². The van der Waals surface area contributed by atoms with Crippen molar-refractivity contribution in [2.45, 2.75) is 0 Å². The van der Waals surface area contributed by atoms with E-state index in [1.165, 1.54) is 24.3 Å². The highest BCUT2D eigenvalue weighted by atomic mass is 16.4. The number of nitrogens with one attached hydrogen (secondary N) is 1. The Kier molecular flexibility index (Phi) is 2.42. The van der Waals surface area contributed by atoms with Crippen LogP contribution in [0.15, 0.2) is 47.4 Å². The lowest BCUT2D eigenvalue weighted by Crippen LogP contribution is -2.00. The number of aromatic amines is 1. The molecule has 2 heterocycles. The fourth-order valence-electron chi connectivity index (χ4n) is 1.91. The summed E-state index contributed by atoms with van der Waals surface area (Å²) in [5.41, 5.74) is 1.29. The summed E-state index contributed by atoms with van der Waals surface area (Å²) >= 11 is 0. The monoisotopic (exact) mass is 255 g/mol. The number of benzene rings is 1. The van der Waals surface area contributed by atoms with Gasteiger partial charge in [-0.2, -0.15) is 5.10 Å². The van der Waals surface area contributed by atoms with E-state index in [2.05, 4.69) is 10.2 Å². The number of pyridine rings is 1. The van der Waals surface area contributed by atoms with E-state index in [1.807, 2.05) is 0 Å². The first-order valence-corrected chi connectivity index (χ1v) is 5.56. The molecule has 2 aromatic heterocycles. The van der Waals surface area contributed by atoms with Gasteiger partial charge in [0.05, 0.1) is 5.56 Å². The molecule has 0 radical (unpaired) electrons. The van der Waals surface area contributed by atoms with Crippen molar-refractivity contribution in [2.24, 2.45) is 0 Å². The third-order valence-electron chi connectivity index (χ3n) is 2.80. The Labute approximate surface area is 106 Å². The number of fused-ring (bicyclic) bond motifs is 1. The van der Waals surface area contributed by atoms with Crippen LogP contribution in [0.2, 0.25) is 0 Å². The van der Waals surface area contributed by atoms with Gasteiger partial charge in [0.25, 0.3) is 0 Å². The quantitative estimate of drug-likeness (QED) is 0.724. The summed E-state index contributed by atoms with van der Waals surface area (Å²) in [7, 11) is 0. The van der Waals surface area contributed by atoms with Gasteiger partial charge in [-0.05, 0) is 12.1 Å². The second-order valence-corrected chi connectivity index (χ2v) is 4.05. The summed E-state index contributed by atoms with van der Waals surface area (Å²) in [5.74, 6) is -0.438. The molecular weight excluding hydrogens is 246 g/mol. The number of H-pyrrole nitrogens is 1. The Morgan fingerprint density at radius 2 is 2.11 bits per heavy atom. The lowest BCUT2D eigenvalue weighted by Gasteiger charge is -2.01. The molecule has 0 amide bonds. The van der Waals surface area contributed by atoms with E-state index in [-0.39, 0.29) is 11.0 Å². The second-order valence-electron chi connectivity index (χ2n) is 4.05. The molecule has 6 nitrogen and oxygen atoms in total. The van der Waals surface area contributed by atoms with Gasteiger partial charge in [0.15, 0.2) is 11.3 Å². The Morgan fingerprint density at radius 1 is 1.26 bits per heavy atom. The first-order valence-electron chi connectivity index (χ1n) is 5.56. The van der Waals surface area contributed by atoms with Crippen molar-refractivity contribution in [3.05, 3.63) is 58.4 Å². The highest BCUT2D eigenvalue weighted by molar-refractivity contribution is 5.89. The van der Waals surface area contributed by atoms with Crippen LogP contribution in [0.5, 0.6) is 0 Å². The van der Waals surface area contributed by atoms with Crippen molar-refractivity contribution >= 4 is 11.6 Å². The lowest BCUT2D eigenvalue weighted by molar-refractivity contribution is 0.0697. The maximum Gasteiger partial charge on any atom is 0.335 e. The number of hydrogen-bond donors (Lipinski definition) is 2. The minimum absolute atomic E-state index is 0.116. The molecule has 6 heteroatoms. The number of carboxylic acids is 1. The highest BCUT2D eigenvalue weighted by Crippen LogP contribution is 2.18. The number of rotatable bonds is 2. The zero-order valence-electron chi connectivity index (χ0n) is 9.70. The molecule has 0 aliphatic heterocycles. The van der Waals surface area contributed by atoms with Crippen molar-refractivity contribution in [2.75, 3.05) is 0 Å². The molecule has 0 saturated heterocycles. The summed E-state index contributed by atoms with van der Waals surface area (Å²) < 4.78 is 1.70. The molecule has 3 aromatic rings. The van der Waals surface area contributed by atoms with Gasteiger partial charge in [0.1, 0.15) is 5.65 Å². The largest absolute Gasteiger partial charge is 0.478 e. The molecule has 0 aliphatic rings. The van der Waals surface area contributed by atoms with Crippen molar-refractivity contribution in [1.29, 1.82) is 0 Å². The third kappa shape index (κ3) is 1.89. The normalized spacial score (nSPS) is 10.7. The number of aromatic nitrogens is 3. The van der Waals surface area contributed by atoms with Crippen molar-refractivity contribution in [3.8, 4) is 11.4 Å². The Morgan fingerprint density at radius 3 is 2.89 bits per heavy atom. The molecule has 0 spiro atoms. The molecule has 2 N–H and O–H groups in total. The molecular formula is C13H9N3O3. The highest BCUT2D eigenvalue weighted by Gasteiger charge is 2.09. The van der Waals surface area contributed by atoms with Crippen LogP contribution in [0.1, 0.15) is 10.4 Å². The minimum atomic E-state index is -0.992. The molecule has 0 unspecified atom stereocenters. The van der Waals surface area contributed by atoms with Crippen LogP contribution in [0.25, 0.3) is 17.0 Å². The molecule has 0 bridgehead atoms. The summed E-state index contributed by atoms with van der Waals surface area (Å²) in [6.45, 7) is 0. The average Bonchev–Trinajstić information content (AvgIpc) is 2.81. The van der Waals surface area contributed by atoms with E-state index < -0.39 is 5.97 Å². The Balaban J connectivity index is 2.22. The van der Waals surface area contributed by atoms with E-state index in [4.69, 9.17) is 5.11 Å². The Hall–Kier alpha value is -2.89. The number of carboxylic acid groups (broad SMARTS) is 1. The van der Waals surface area contributed by atoms with Crippen molar-refractivity contribution in [3.63, 3.8) is 0 Å². The van der Waals surface area contributed by atoms with Gasteiger partial charge in [-0.3, -0.25) is 14.3 Å². The van der Waals surface area contributed by atoms with Crippen LogP contribution in [0, 0.1) is 0 Å². The summed E-state index contributed by atoms with van der Waals surface area (Å²) in [6, 6.07) is 9.32. The standard InChI is InChI=1S/C13H9N3O3/c17-10-4-5-16-11(7-10)14-15-12(16)8-2-1-3-9(6-8)13(18)19/h1-7,14H,(H,18,19). The van der Waals surface area contributed by atoms with Crippen LogP contribution in [0.4, 0.5) is 0 Å². The van der Waals surface area contributed by atoms with Gasteiger partial charge in [0.2, 0.25) is 0 Å². The first-order chi connectivity index (χ1) is 9.15. The lowest BCUT2D eigenvalue weighted by atomic mass is 10.1. The van der Waals surface area contributed by atoms with E-state index in [0.717, 1.165) is 0 Å². The van der Waals surface area contributed by atoms with E-state index in [0.29, 0.717) is 17.0 Å². The zero-order chi connectivity index (χ0) is 13.4. The first kappa shape index (κ1) is 11.2. The molecule has 1 aromatic carbocycles. The Bertz CT molecular complexity index is 832. The molecule has 0 saturated carbocycles. The van der Waals surface area contributed by atoms with Crippen LogP contribution < -0.4 is 5.43 Å². The van der Waals surface area contributed by atoms with Crippen LogP contribution in [0.3, 0.4) is 0 Å². The van der Waals surface area contributed by atoms with E-state index >= 15 is 0 Å². The SMILES string of the molecule is O=C(O)c1cccc(-c2n[nH]c3cc(=O)ccn23)c1. The van der Waals surface area contributed by atoms with Crippen molar-refractivity contribution < 1.29 is 9.90 Å². The van der Waals surface area contributed by atoms with Gasteiger partial charge < -0.3 is 5.11 Å². The van der Waals surface area contributed by atoms with Gasteiger partial charge in [-0.15, -0.1) is 0 Å². The van der Waals surface area contributed by atoms with Gasteiger partial charge >= 0.3 is 5.97 Å². The summed E-state index contributed by atoms with van der Waals surface area (Å²) in [6.07, 6.45) is 1.60. The zero-order valence-corrected chi connectivity index (χ0v) is 9.70. The molecule has 3 rings (SSSR count). The van der Waals surface area contributed by atoms with Crippen LogP contribution >= 0.6 is 0 Å². The van der Waals surface area contributed by atoms with Crippen LogP contribution in [-0.2, 0) is 0 Å². The van der Waals surface area contributed by atoms with Gasteiger partial charge in [0, 0.05) is 23.9 Å². The molecule has 0 atom stereocenters. The maximum atomic E-state index is 11.2. The number of carbonyl (C=O) groups is 1. The molecule has 94 valence electrons. The number of aromatic carboxylic acids is 1. The fourth-order valence-corrected chi connectivity index (χ4v) is 1.91. The average molecular weight is 255 g/mol. The van der Waals surface area contributed by atoms with Crippen LogP contribution in [-0.4, -0.2) is 25.7 Å². The van der Waals surface area contributed by atoms with Gasteiger partial charge in [-0.25, -0.2) is 4.79 Å². The maximum absolute atomic E-state index is 11.2. The topological polar surface area (TPSA) is 87.5 Å². The second kappa shape index (κ2) is 4.09. The number of hydrogen-bond acceptors (Lipinski definition) is 3. The summed E-state index contributed by atoms with van der Waals surface area (Å²) in [4.78, 5) is 22.2. The van der Waals surface area contributed by atoms with E-state index in [9.17, 15) is 9.59 Å². The molecule has 0 aliphatic carbocycles. The third-order valence-corrected chi connectivity index (χ3v) is 2.80. The number of nitrogens with zero attached hydrogens (tertiary/aromatic N) is 2.